The number of halogens is 1. The standard InChI is InChI=1S/C25H24FN5O2S/c1-3-30-22-18(25(33)31-11-6-9-21(31)24-27-10-12-34-24)13-16(28-15(2)32)14-20(22)29-23(30)17-7-4-5-8-19(17)26/h4-5,7-8,10,12-14,21H,3,6,9,11H2,1-2H3,(H,28,32). The van der Waals surface area contributed by atoms with Crippen molar-refractivity contribution in [2.75, 3.05) is 11.9 Å². The zero-order valence-electron chi connectivity index (χ0n) is 18.9. The first-order valence-electron chi connectivity index (χ1n) is 11.2. The van der Waals surface area contributed by atoms with E-state index in [9.17, 15) is 14.0 Å². The summed E-state index contributed by atoms with van der Waals surface area (Å²) in [6.45, 7) is 4.47. The van der Waals surface area contributed by atoms with Crippen molar-refractivity contribution in [1.82, 2.24) is 19.4 Å². The first-order chi connectivity index (χ1) is 16.5. The summed E-state index contributed by atoms with van der Waals surface area (Å²) in [6.07, 6.45) is 3.49. The number of hydrogen-bond donors (Lipinski definition) is 1. The van der Waals surface area contributed by atoms with Gasteiger partial charge in [0.25, 0.3) is 5.91 Å². The Labute approximate surface area is 200 Å². The van der Waals surface area contributed by atoms with E-state index in [1.807, 2.05) is 21.8 Å². The molecule has 1 aliphatic heterocycles. The normalized spacial score (nSPS) is 15.7. The van der Waals surface area contributed by atoms with Crippen LogP contribution in [0.25, 0.3) is 22.4 Å². The Morgan fingerprint density at radius 2 is 2.09 bits per heavy atom. The second kappa shape index (κ2) is 8.98. The number of carbonyl (C=O) groups is 2. The van der Waals surface area contributed by atoms with Crippen LogP contribution in [0.1, 0.15) is 48.1 Å². The molecule has 1 unspecified atom stereocenters. The zero-order chi connectivity index (χ0) is 23.8. The lowest BCUT2D eigenvalue weighted by molar-refractivity contribution is -0.114. The Balaban J connectivity index is 1.70. The quantitative estimate of drug-likeness (QED) is 0.426. The van der Waals surface area contributed by atoms with Crippen LogP contribution in [0.5, 0.6) is 0 Å². The van der Waals surface area contributed by atoms with Gasteiger partial charge >= 0.3 is 0 Å². The number of thiazole rings is 1. The molecule has 1 saturated heterocycles. The van der Waals surface area contributed by atoms with Crippen molar-refractivity contribution in [2.24, 2.45) is 0 Å². The molecule has 1 fully saturated rings. The maximum absolute atomic E-state index is 14.7. The summed E-state index contributed by atoms with van der Waals surface area (Å²) in [5.74, 6) is -0.332. The minimum Gasteiger partial charge on any atom is -0.329 e. The number of hydrogen-bond acceptors (Lipinski definition) is 5. The first-order valence-corrected chi connectivity index (χ1v) is 12.1. The highest BCUT2D eigenvalue weighted by molar-refractivity contribution is 7.09. The third kappa shape index (κ3) is 3.86. The molecule has 2 aromatic carbocycles. The maximum atomic E-state index is 14.7. The number of benzene rings is 2. The monoisotopic (exact) mass is 477 g/mol. The fourth-order valence-corrected chi connectivity index (χ4v) is 5.47. The van der Waals surface area contributed by atoms with Gasteiger partial charge in [0, 0.05) is 37.3 Å². The third-order valence-electron chi connectivity index (χ3n) is 6.07. The Hall–Kier alpha value is -3.59. The molecule has 0 saturated carbocycles. The smallest absolute Gasteiger partial charge is 0.256 e. The molecule has 7 nitrogen and oxygen atoms in total. The van der Waals surface area contributed by atoms with Gasteiger partial charge in [0.05, 0.1) is 28.2 Å². The molecule has 3 heterocycles. The van der Waals surface area contributed by atoms with Crippen molar-refractivity contribution >= 4 is 39.9 Å². The summed E-state index contributed by atoms with van der Waals surface area (Å²) in [7, 11) is 0. The van der Waals surface area contributed by atoms with Gasteiger partial charge in [0.2, 0.25) is 5.91 Å². The minimum absolute atomic E-state index is 0.0870. The molecular formula is C25H24FN5O2S. The molecule has 4 aromatic rings. The average molecular weight is 478 g/mol. The summed E-state index contributed by atoms with van der Waals surface area (Å²) < 4.78 is 16.6. The van der Waals surface area contributed by atoms with Gasteiger partial charge in [0.1, 0.15) is 16.6 Å². The number of nitrogens with one attached hydrogen (secondary N) is 1. The predicted molar refractivity (Wildman–Crippen MR) is 130 cm³/mol. The summed E-state index contributed by atoms with van der Waals surface area (Å²) in [5.41, 5.74) is 2.43. The molecule has 5 rings (SSSR count). The number of amides is 2. The highest BCUT2D eigenvalue weighted by atomic mass is 32.1. The van der Waals surface area contributed by atoms with E-state index < -0.39 is 0 Å². The van der Waals surface area contributed by atoms with Gasteiger partial charge in [-0.1, -0.05) is 12.1 Å². The second-order valence-electron chi connectivity index (χ2n) is 8.26. The van der Waals surface area contributed by atoms with Crippen LogP contribution in [0.2, 0.25) is 0 Å². The Morgan fingerprint density at radius 1 is 1.26 bits per heavy atom. The fraction of sp³-hybridized carbons (Fsp3) is 0.280. The van der Waals surface area contributed by atoms with Gasteiger partial charge in [-0.25, -0.2) is 14.4 Å². The molecule has 2 amide bonds. The molecule has 2 aromatic heterocycles. The molecule has 1 atom stereocenters. The Kier molecular flexibility index (Phi) is 5.87. The van der Waals surface area contributed by atoms with E-state index in [2.05, 4.69) is 10.3 Å². The Morgan fingerprint density at radius 3 is 2.79 bits per heavy atom. The van der Waals surface area contributed by atoms with E-state index in [1.54, 1.807) is 47.9 Å². The molecule has 0 radical (unpaired) electrons. The molecular weight excluding hydrogens is 453 g/mol. The van der Waals surface area contributed by atoms with Gasteiger partial charge in [-0.05, 0) is 44.0 Å². The number of anilines is 1. The number of nitrogens with zero attached hydrogens (tertiary/aromatic N) is 4. The number of likely N-dealkylation sites (tertiary alicyclic amines) is 1. The summed E-state index contributed by atoms with van der Waals surface area (Å²) >= 11 is 1.54. The van der Waals surface area contributed by atoms with Gasteiger partial charge in [-0.2, -0.15) is 0 Å². The van der Waals surface area contributed by atoms with Gasteiger partial charge < -0.3 is 14.8 Å². The van der Waals surface area contributed by atoms with Crippen molar-refractivity contribution in [3.63, 3.8) is 0 Å². The number of imidazole rings is 1. The van der Waals surface area contributed by atoms with Gasteiger partial charge in [-0.3, -0.25) is 9.59 Å². The van der Waals surface area contributed by atoms with Crippen LogP contribution in [0, 0.1) is 5.82 Å². The molecule has 1 N–H and O–H groups in total. The van der Waals surface area contributed by atoms with Gasteiger partial charge in [0.15, 0.2) is 0 Å². The SMILES string of the molecule is CCn1c(-c2ccccc2F)nc2cc(NC(C)=O)cc(C(=O)N3CCCC3c3nccs3)c21. The van der Waals surface area contributed by atoms with Crippen LogP contribution in [-0.4, -0.2) is 37.8 Å². The number of aryl methyl sites for hydroxylation is 1. The van der Waals surface area contributed by atoms with E-state index in [-0.39, 0.29) is 23.7 Å². The van der Waals surface area contributed by atoms with Crippen molar-refractivity contribution < 1.29 is 14.0 Å². The van der Waals surface area contributed by atoms with Crippen LogP contribution < -0.4 is 5.32 Å². The van der Waals surface area contributed by atoms with Crippen molar-refractivity contribution in [2.45, 2.75) is 39.3 Å². The average Bonchev–Trinajstić information content (AvgIpc) is 3.56. The number of fused-ring (bicyclic) bond motifs is 1. The van der Waals surface area contributed by atoms with Crippen molar-refractivity contribution in [3.05, 3.63) is 64.4 Å². The topological polar surface area (TPSA) is 80.1 Å². The summed E-state index contributed by atoms with van der Waals surface area (Å²) in [6, 6.07) is 9.80. The van der Waals surface area contributed by atoms with Crippen molar-refractivity contribution in [3.8, 4) is 11.4 Å². The fourth-order valence-electron chi connectivity index (χ4n) is 4.68. The van der Waals surface area contributed by atoms with E-state index in [4.69, 9.17) is 4.98 Å². The zero-order valence-corrected chi connectivity index (χ0v) is 19.7. The Bertz CT molecular complexity index is 1380. The van der Waals surface area contributed by atoms with E-state index in [0.717, 1.165) is 17.8 Å². The number of rotatable bonds is 5. The van der Waals surface area contributed by atoms with Crippen LogP contribution in [-0.2, 0) is 11.3 Å². The summed E-state index contributed by atoms with van der Waals surface area (Å²) in [4.78, 5) is 36.8. The molecule has 174 valence electrons. The molecule has 34 heavy (non-hydrogen) atoms. The van der Waals surface area contributed by atoms with E-state index in [0.29, 0.717) is 46.8 Å². The number of aromatic nitrogens is 3. The van der Waals surface area contributed by atoms with E-state index in [1.165, 1.54) is 13.0 Å². The predicted octanol–water partition coefficient (Wildman–Crippen LogP) is 5.25. The molecule has 0 spiro atoms. The highest BCUT2D eigenvalue weighted by Gasteiger charge is 2.34. The second-order valence-corrected chi connectivity index (χ2v) is 9.19. The highest BCUT2D eigenvalue weighted by Crippen LogP contribution is 2.37. The molecule has 9 heteroatoms. The first kappa shape index (κ1) is 22.2. The summed E-state index contributed by atoms with van der Waals surface area (Å²) in [5, 5.41) is 5.60. The largest absolute Gasteiger partial charge is 0.329 e. The lowest BCUT2D eigenvalue weighted by Crippen LogP contribution is -2.31. The third-order valence-corrected chi connectivity index (χ3v) is 6.95. The number of carbonyl (C=O) groups excluding carboxylic acids is 2. The molecule has 1 aliphatic rings. The lowest BCUT2D eigenvalue weighted by atomic mass is 10.1. The minimum atomic E-state index is -0.383. The lowest BCUT2D eigenvalue weighted by Gasteiger charge is -2.24. The van der Waals surface area contributed by atoms with Crippen LogP contribution in [0.3, 0.4) is 0 Å². The van der Waals surface area contributed by atoms with Crippen LogP contribution in [0.15, 0.2) is 48.0 Å². The van der Waals surface area contributed by atoms with Gasteiger partial charge in [-0.15, -0.1) is 11.3 Å². The van der Waals surface area contributed by atoms with Crippen molar-refractivity contribution in [1.29, 1.82) is 0 Å². The van der Waals surface area contributed by atoms with E-state index >= 15 is 0 Å². The maximum Gasteiger partial charge on any atom is 0.256 e. The van der Waals surface area contributed by atoms with Crippen LogP contribution in [0.4, 0.5) is 10.1 Å². The molecule has 0 bridgehead atoms. The van der Waals surface area contributed by atoms with Crippen LogP contribution >= 0.6 is 11.3 Å². The molecule has 0 aliphatic carbocycles.